The van der Waals surface area contributed by atoms with Gasteiger partial charge in [0.1, 0.15) is 0 Å². The van der Waals surface area contributed by atoms with E-state index in [1.54, 1.807) is 6.92 Å². The van der Waals surface area contributed by atoms with E-state index in [0.29, 0.717) is 11.6 Å². The van der Waals surface area contributed by atoms with Gasteiger partial charge >= 0.3 is 5.97 Å². The minimum atomic E-state index is -0.814. The van der Waals surface area contributed by atoms with Crippen molar-refractivity contribution in [3.63, 3.8) is 0 Å². The molecule has 0 bridgehead atoms. The van der Waals surface area contributed by atoms with Crippen molar-refractivity contribution in [1.82, 2.24) is 4.90 Å². The SMILES string of the molecule is CC(=CCN(C)C1CCCC(C)C1)C(=O)O. The first-order valence-electron chi connectivity index (χ1n) is 6.11. The van der Waals surface area contributed by atoms with Crippen LogP contribution in [-0.2, 0) is 4.79 Å². The Kier molecular flexibility index (Phi) is 5.00. The van der Waals surface area contributed by atoms with E-state index < -0.39 is 5.97 Å². The highest BCUT2D eigenvalue weighted by Crippen LogP contribution is 2.26. The summed E-state index contributed by atoms with van der Waals surface area (Å²) in [5.74, 6) is -0.00355. The minimum absolute atomic E-state index is 0.440. The largest absolute Gasteiger partial charge is 0.478 e. The smallest absolute Gasteiger partial charge is 0.330 e. The van der Waals surface area contributed by atoms with Crippen molar-refractivity contribution in [3.8, 4) is 0 Å². The topological polar surface area (TPSA) is 40.5 Å². The minimum Gasteiger partial charge on any atom is -0.478 e. The van der Waals surface area contributed by atoms with Crippen molar-refractivity contribution in [3.05, 3.63) is 11.6 Å². The summed E-state index contributed by atoms with van der Waals surface area (Å²) in [4.78, 5) is 12.9. The van der Waals surface area contributed by atoms with Crippen LogP contribution in [0, 0.1) is 5.92 Å². The quantitative estimate of drug-likeness (QED) is 0.747. The third-order valence-corrected chi connectivity index (χ3v) is 3.55. The van der Waals surface area contributed by atoms with E-state index in [1.165, 1.54) is 25.7 Å². The standard InChI is InChI=1S/C13H23NO2/c1-10-5-4-6-12(9-10)14(3)8-7-11(2)13(15)16/h7,10,12H,4-6,8-9H2,1-3H3,(H,15,16). The molecule has 0 spiro atoms. The Bertz CT molecular complexity index is 273. The van der Waals surface area contributed by atoms with E-state index in [1.807, 2.05) is 6.08 Å². The van der Waals surface area contributed by atoms with Gasteiger partial charge < -0.3 is 5.11 Å². The molecule has 92 valence electrons. The van der Waals surface area contributed by atoms with Crippen molar-refractivity contribution in [1.29, 1.82) is 0 Å². The van der Waals surface area contributed by atoms with Gasteiger partial charge in [-0.1, -0.05) is 25.8 Å². The Morgan fingerprint density at radius 1 is 1.50 bits per heavy atom. The predicted molar refractivity (Wildman–Crippen MR) is 65.4 cm³/mol. The first-order chi connectivity index (χ1) is 7.50. The Hall–Kier alpha value is -0.830. The van der Waals surface area contributed by atoms with Gasteiger partial charge in [0, 0.05) is 18.2 Å². The third kappa shape index (κ3) is 3.97. The molecule has 0 aromatic rings. The molecule has 1 aliphatic carbocycles. The van der Waals surface area contributed by atoms with Crippen molar-refractivity contribution >= 4 is 5.97 Å². The number of carboxylic acid groups (broad SMARTS) is 1. The molecule has 1 rings (SSSR count). The van der Waals surface area contributed by atoms with Crippen molar-refractivity contribution < 1.29 is 9.90 Å². The van der Waals surface area contributed by atoms with E-state index in [2.05, 4.69) is 18.9 Å². The molecule has 3 heteroatoms. The highest BCUT2D eigenvalue weighted by Gasteiger charge is 2.21. The summed E-state index contributed by atoms with van der Waals surface area (Å²) in [5.41, 5.74) is 0.440. The summed E-state index contributed by atoms with van der Waals surface area (Å²) in [7, 11) is 2.09. The first-order valence-corrected chi connectivity index (χ1v) is 6.11. The van der Waals surface area contributed by atoms with Crippen LogP contribution in [0.25, 0.3) is 0 Å². The number of nitrogens with zero attached hydrogens (tertiary/aromatic N) is 1. The van der Waals surface area contributed by atoms with Gasteiger partial charge in [0.15, 0.2) is 0 Å². The van der Waals surface area contributed by atoms with Crippen LogP contribution in [-0.4, -0.2) is 35.6 Å². The van der Waals surface area contributed by atoms with Gasteiger partial charge in [-0.25, -0.2) is 4.79 Å². The second kappa shape index (κ2) is 6.04. The lowest BCUT2D eigenvalue weighted by atomic mass is 9.86. The molecule has 2 atom stereocenters. The summed E-state index contributed by atoms with van der Waals surface area (Å²) in [6.07, 6.45) is 6.95. The maximum absolute atomic E-state index is 10.7. The molecular formula is C13H23NO2. The number of hydrogen-bond acceptors (Lipinski definition) is 2. The second-order valence-corrected chi connectivity index (χ2v) is 5.06. The van der Waals surface area contributed by atoms with E-state index in [-0.39, 0.29) is 0 Å². The molecular weight excluding hydrogens is 202 g/mol. The van der Waals surface area contributed by atoms with Crippen LogP contribution in [0.5, 0.6) is 0 Å². The van der Waals surface area contributed by atoms with Gasteiger partial charge in [-0.2, -0.15) is 0 Å². The Balaban J connectivity index is 2.42. The molecule has 0 radical (unpaired) electrons. The number of carbonyl (C=O) groups is 1. The highest BCUT2D eigenvalue weighted by atomic mass is 16.4. The Labute approximate surface area is 98.1 Å². The molecule has 2 unspecified atom stereocenters. The maximum atomic E-state index is 10.7. The van der Waals surface area contributed by atoms with Gasteiger partial charge in [-0.05, 0) is 32.7 Å². The van der Waals surface area contributed by atoms with E-state index in [0.717, 1.165) is 12.5 Å². The zero-order chi connectivity index (χ0) is 12.1. The zero-order valence-corrected chi connectivity index (χ0v) is 10.6. The second-order valence-electron chi connectivity index (χ2n) is 5.06. The number of hydrogen-bond donors (Lipinski definition) is 1. The van der Waals surface area contributed by atoms with Crippen LogP contribution in [0.2, 0.25) is 0 Å². The lowest BCUT2D eigenvalue weighted by molar-refractivity contribution is -0.132. The molecule has 0 aromatic heterocycles. The van der Waals surface area contributed by atoms with Gasteiger partial charge in [-0.15, -0.1) is 0 Å². The molecule has 0 aromatic carbocycles. The monoisotopic (exact) mass is 225 g/mol. The fourth-order valence-corrected chi connectivity index (χ4v) is 2.32. The fraction of sp³-hybridized carbons (Fsp3) is 0.769. The van der Waals surface area contributed by atoms with E-state index in [9.17, 15) is 4.79 Å². The summed E-state index contributed by atoms with van der Waals surface area (Å²) >= 11 is 0. The number of carboxylic acids is 1. The maximum Gasteiger partial charge on any atom is 0.330 e. The highest BCUT2D eigenvalue weighted by molar-refractivity contribution is 5.85. The molecule has 0 amide bonds. The molecule has 0 heterocycles. The molecule has 1 N–H and O–H groups in total. The lowest BCUT2D eigenvalue weighted by Crippen LogP contribution is -2.35. The van der Waals surface area contributed by atoms with Gasteiger partial charge in [0.05, 0.1) is 0 Å². The fourth-order valence-electron chi connectivity index (χ4n) is 2.32. The molecule has 0 saturated heterocycles. The summed E-state index contributed by atoms with van der Waals surface area (Å²) in [6.45, 7) is 4.70. The van der Waals surface area contributed by atoms with Crippen molar-refractivity contribution in [2.75, 3.05) is 13.6 Å². The molecule has 3 nitrogen and oxygen atoms in total. The number of rotatable bonds is 4. The summed E-state index contributed by atoms with van der Waals surface area (Å²) in [5, 5.41) is 8.76. The lowest BCUT2D eigenvalue weighted by Gasteiger charge is -2.33. The summed E-state index contributed by atoms with van der Waals surface area (Å²) in [6, 6.07) is 0.626. The van der Waals surface area contributed by atoms with Gasteiger partial charge in [0.25, 0.3) is 0 Å². The molecule has 16 heavy (non-hydrogen) atoms. The van der Waals surface area contributed by atoms with Gasteiger partial charge in [0.2, 0.25) is 0 Å². The van der Waals surface area contributed by atoms with Gasteiger partial charge in [-0.3, -0.25) is 4.90 Å². The van der Waals surface area contributed by atoms with Crippen molar-refractivity contribution in [2.24, 2.45) is 5.92 Å². The average Bonchev–Trinajstić information content (AvgIpc) is 2.25. The predicted octanol–water partition coefficient (Wildman–Crippen LogP) is 2.53. The molecule has 1 fully saturated rings. The van der Waals surface area contributed by atoms with Crippen LogP contribution in [0.3, 0.4) is 0 Å². The molecule has 0 aliphatic heterocycles. The third-order valence-electron chi connectivity index (χ3n) is 3.55. The van der Waals surface area contributed by atoms with Crippen LogP contribution >= 0.6 is 0 Å². The molecule has 1 aliphatic rings. The normalized spacial score (nSPS) is 27.1. The zero-order valence-electron chi connectivity index (χ0n) is 10.6. The van der Waals surface area contributed by atoms with Crippen LogP contribution in [0.1, 0.15) is 39.5 Å². The van der Waals surface area contributed by atoms with E-state index in [4.69, 9.17) is 5.11 Å². The number of likely N-dealkylation sites (N-methyl/N-ethyl adjacent to an activating group) is 1. The number of aliphatic carboxylic acids is 1. The van der Waals surface area contributed by atoms with E-state index >= 15 is 0 Å². The Morgan fingerprint density at radius 2 is 2.19 bits per heavy atom. The van der Waals surface area contributed by atoms with Crippen LogP contribution in [0.15, 0.2) is 11.6 Å². The Morgan fingerprint density at radius 3 is 2.75 bits per heavy atom. The first kappa shape index (κ1) is 13.2. The molecule has 1 saturated carbocycles. The van der Waals surface area contributed by atoms with Crippen LogP contribution in [0.4, 0.5) is 0 Å². The average molecular weight is 225 g/mol. The summed E-state index contributed by atoms with van der Waals surface area (Å²) < 4.78 is 0. The van der Waals surface area contributed by atoms with Crippen LogP contribution < -0.4 is 0 Å². The van der Waals surface area contributed by atoms with Crippen molar-refractivity contribution in [2.45, 2.75) is 45.6 Å².